The molecule has 112 valence electrons. The average molecular weight is 276 g/mol. The number of rotatable bonds is 5. The molecule has 0 saturated heterocycles. The first-order valence-corrected chi connectivity index (χ1v) is 7.78. The van der Waals surface area contributed by atoms with Crippen LogP contribution < -0.4 is 10.2 Å². The van der Waals surface area contributed by atoms with Crippen LogP contribution in [0, 0.1) is 6.92 Å². The van der Waals surface area contributed by atoms with Crippen LogP contribution in [0.5, 0.6) is 0 Å². The van der Waals surface area contributed by atoms with Crippen LogP contribution in [-0.2, 0) is 0 Å². The zero-order valence-electron chi connectivity index (χ0n) is 13.0. The molecule has 1 aromatic carbocycles. The molecular formula is C17H28N2O. The van der Waals surface area contributed by atoms with Crippen LogP contribution >= 0.6 is 0 Å². The molecule has 2 atom stereocenters. The zero-order valence-corrected chi connectivity index (χ0v) is 13.0. The lowest BCUT2D eigenvalue weighted by Crippen LogP contribution is -2.54. The minimum Gasteiger partial charge on any atom is -0.394 e. The summed E-state index contributed by atoms with van der Waals surface area (Å²) in [6, 6.07) is 9.12. The standard InChI is InChI=1S/C17H28N2O/c1-4-19(16-10-6-5-8-14(16)2)15-9-7-11-17(12-15,13-20)18-3/h5-6,8,10,15,18,20H,4,7,9,11-13H2,1-3H3. The van der Waals surface area contributed by atoms with Crippen LogP contribution in [0.4, 0.5) is 5.69 Å². The van der Waals surface area contributed by atoms with Crippen molar-refractivity contribution >= 4 is 5.69 Å². The molecule has 0 spiro atoms. The lowest BCUT2D eigenvalue weighted by atomic mass is 9.78. The molecular weight excluding hydrogens is 248 g/mol. The van der Waals surface area contributed by atoms with Crippen molar-refractivity contribution in [3.05, 3.63) is 29.8 Å². The van der Waals surface area contributed by atoms with E-state index in [1.807, 2.05) is 7.05 Å². The topological polar surface area (TPSA) is 35.5 Å². The third-order valence-electron chi connectivity index (χ3n) is 4.86. The van der Waals surface area contributed by atoms with Gasteiger partial charge < -0.3 is 15.3 Å². The quantitative estimate of drug-likeness (QED) is 0.868. The smallest absolute Gasteiger partial charge is 0.0614 e. The lowest BCUT2D eigenvalue weighted by Gasteiger charge is -2.45. The van der Waals surface area contributed by atoms with Gasteiger partial charge in [-0.2, -0.15) is 0 Å². The number of aryl methyl sites for hydroxylation is 1. The molecule has 1 saturated carbocycles. The van der Waals surface area contributed by atoms with E-state index in [-0.39, 0.29) is 12.1 Å². The first-order valence-electron chi connectivity index (χ1n) is 7.78. The largest absolute Gasteiger partial charge is 0.394 e. The van der Waals surface area contributed by atoms with Gasteiger partial charge >= 0.3 is 0 Å². The van der Waals surface area contributed by atoms with Crippen LogP contribution in [0.2, 0.25) is 0 Å². The summed E-state index contributed by atoms with van der Waals surface area (Å²) in [7, 11) is 1.97. The predicted molar refractivity (Wildman–Crippen MR) is 85.3 cm³/mol. The van der Waals surface area contributed by atoms with Crippen molar-refractivity contribution in [2.24, 2.45) is 0 Å². The summed E-state index contributed by atoms with van der Waals surface area (Å²) in [4.78, 5) is 2.51. The van der Waals surface area contributed by atoms with E-state index in [1.165, 1.54) is 24.1 Å². The number of anilines is 1. The SMILES string of the molecule is CCN(c1ccccc1C)C1CCCC(CO)(NC)C1. The van der Waals surface area contributed by atoms with Gasteiger partial charge in [0, 0.05) is 23.8 Å². The molecule has 2 unspecified atom stereocenters. The van der Waals surface area contributed by atoms with E-state index in [0.717, 1.165) is 19.4 Å². The van der Waals surface area contributed by atoms with Gasteiger partial charge in [-0.3, -0.25) is 0 Å². The summed E-state index contributed by atoms with van der Waals surface area (Å²) in [6.45, 7) is 5.64. The number of para-hydroxylation sites is 1. The van der Waals surface area contributed by atoms with Crippen LogP contribution in [0.15, 0.2) is 24.3 Å². The van der Waals surface area contributed by atoms with Gasteiger partial charge in [0.1, 0.15) is 0 Å². The Bertz CT molecular complexity index is 429. The maximum atomic E-state index is 9.76. The minimum atomic E-state index is -0.0982. The first kappa shape index (κ1) is 15.3. The Hall–Kier alpha value is -1.06. The second-order valence-corrected chi connectivity index (χ2v) is 6.01. The van der Waals surface area contributed by atoms with Crippen molar-refractivity contribution in [1.82, 2.24) is 5.32 Å². The molecule has 2 rings (SSSR count). The lowest BCUT2D eigenvalue weighted by molar-refractivity contribution is 0.118. The van der Waals surface area contributed by atoms with Crippen molar-refractivity contribution in [2.45, 2.75) is 51.1 Å². The maximum absolute atomic E-state index is 9.76. The van der Waals surface area contributed by atoms with E-state index in [2.05, 4.69) is 48.3 Å². The Morgan fingerprint density at radius 2 is 2.15 bits per heavy atom. The second kappa shape index (κ2) is 6.59. The number of nitrogens with one attached hydrogen (secondary N) is 1. The summed E-state index contributed by atoms with van der Waals surface area (Å²) in [5.74, 6) is 0. The van der Waals surface area contributed by atoms with Crippen molar-refractivity contribution in [2.75, 3.05) is 25.1 Å². The molecule has 0 bridgehead atoms. The van der Waals surface area contributed by atoms with Crippen LogP contribution in [0.1, 0.15) is 38.2 Å². The molecule has 3 nitrogen and oxygen atoms in total. The van der Waals surface area contributed by atoms with Crippen LogP contribution in [0.25, 0.3) is 0 Å². The fourth-order valence-electron chi connectivity index (χ4n) is 3.56. The van der Waals surface area contributed by atoms with Gasteiger partial charge in [0.15, 0.2) is 0 Å². The molecule has 1 aliphatic rings. The Balaban J connectivity index is 2.22. The molecule has 1 fully saturated rings. The Morgan fingerprint density at radius 3 is 2.75 bits per heavy atom. The number of aliphatic hydroxyl groups is 1. The molecule has 2 N–H and O–H groups in total. The van der Waals surface area contributed by atoms with E-state index in [4.69, 9.17) is 0 Å². The highest BCUT2D eigenvalue weighted by molar-refractivity contribution is 5.53. The number of benzene rings is 1. The molecule has 0 radical (unpaired) electrons. The Labute approximate surface area is 123 Å². The fourth-order valence-corrected chi connectivity index (χ4v) is 3.56. The zero-order chi connectivity index (χ0) is 14.6. The molecule has 20 heavy (non-hydrogen) atoms. The van der Waals surface area contributed by atoms with E-state index in [1.54, 1.807) is 0 Å². The predicted octanol–water partition coefficient (Wildman–Crippen LogP) is 2.71. The maximum Gasteiger partial charge on any atom is 0.0614 e. The van der Waals surface area contributed by atoms with Crippen molar-refractivity contribution < 1.29 is 5.11 Å². The van der Waals surface area contributed by atoms with E-state index in [0.29, 0.717) is 6.04 Å². The first-order chi connectivity index (χ1) is 9.65. The third-order valence-corrected chi connectivity index (χ3v) is 4.86. The molecule has 0 amide bonds. The van der Waals surface area contributed by atoms with E-state index >= 15 is 0 Å². The molecule has 1 aliphatic carbocycles. The highest BCUT2D eigenvalue weighted by atomic mass is 16.3. The van der Waals surface area contributed by atoms with Gasteiger partial charge in [0.05, 0.1) is 6.61 Å². The molecule has 0 aromatic heterocycles. The van der Waals surface area contributed by atoms with Crippen molar-refractivity contribution in [3.8, 4) is 0 Å². The third kappa shape index (κ3) is 2.99. The summed E-state index contributed by atoms with van der Waals surface area (Å²) in [6.07, 6.45) is 4.48. The highest BCUT2D eigenvalue weighted by Crippen LogP contribution is 2.34. The summed E-state index contributed by atoms with van der Waals surface area (Å²) < 4.78 is 0. The van der Waals surface area contributed by atoms with E-state index < -0.39 is 0 Å². The van der Waals surface area contributed by atoms with E-state index in [9.17, 15) is 5.11 Å². The molecule has 0 heterocycles. The average Bonchev–Trinajstić information content (AvgIpc) is 2.50. The van der Waals surface area contributed by atoms with Gasteiger partial charge in [0.2, 0.25) is 0 Å². The van der Waals surface area contributed by atoms with Gasteiger partial charge in [-0.05, 0) is 58.2 Å². The van der Waals surface area contributed by atoms with Gasteiger partial charge in [-0.1, -0.05) is 18.2 Å². The highest BCUT2D eigenvalue weighted by Gasteiger charge is 2.36. The van der Waals surface area contributed by atoms with Gasteiger partial charge in [-0.15, -0.1) is 0 Å². The molecule has 3 heteroatoms. The normalized spacial score (nSPS) is 26.5. The number of hydrogen-bond acceptors (Lipinski definition) is 3. The minimum absolute atomic E-state index is 0.0982. The summed E-state index contributed by atoms with van der Waals surface area (Å²) in [5.41, 5.74) is 2.57. The number of likely N-dealkylation sites (N-methyl/N-ethyl adjacent to an activating group) is 1. The summed E-state index contributed by atoms with van der Waals surface area (Å²) >= 11 is 0. The van der Waals surface area contributed by atoms with Gasteiger partial charge in [0.25, 0.3) is 0 Å². The number of aliphatic hydroxyl groups excluding tert-OH is 1. The monoisotopic (exact) mass is 276 g/mol. The van der Waals surface area contributed by atoms with Gasteiger partial charge in [-0.25, -0.2) is 0 Å². The Kier molecular flexibility index (Phi) is 5.06. The molecule has 1 aromatic rings. The number of nitrogens with zero attached hydrogens (tertiary/aromatic N) is 1. The fraction of sp³-hybridized carbons (Fsp3) is 0.647. The number of hydrogen-bond donors (Lipinski definition) is 2. The summed E-state index contributed by atoms with van der Waals surface area (Å²) in [5, 5.41) is 13.1. The Morgan fingerprint density at radius 1 is 1.40 bits per heavy atom. The second-order valence-electron chi connectivity index (χ2n) is 6.01. The van der Waals surface area contributed by atoms with Crippen molar-refractivity contribution in [3.63, 3.8) is 0 Å². The van der Waals surface area contributed by atoms with Crippen LogP contribution in [0.3, 0.4) is 0 Å². The van der Waals surface area contributed by atoms with Crippen molar-refractivity contribution in [1.29, 1.82) is 0 Å². The molecule has 0 aliphatic heterocycles. The van der Waals surface area contributed by atoms with Crippen LogP contribution in [-0.4, -0.2) is 36.9 Å².